The van der Waals surface area contributed by atoms with Crippen LogP contribution in [0.25, 0.3) is 21.8 Å². The van der Waals surface area contributed by atoms with Crippen molar-refractivity contribution in [1.82, 2.24) is 4.57 Å². The van der Waals surface area contributed by atoms with Gasteiger partial charge in [-0.25, -0.2) is 8.42 Å². The first kappa shape index (κ1) is 27.3. The van der Waals surface area contributed by atoms with Crippen molar-refractivity contribution in [3.8, 4) is 5.75 Å². The Labute approximate surface area is 235 Å². The molecule has 40 heavy (non-hydrogen) atoms. The lowest BCUT2D eigenvalue weighted by atomic mass is 10.1. The molecule has 0 spiro atoms. The highest BCUT2D eigenvalue weighted by molar-refractivity contribution is 7.93. The molecule has 5 rings (SSSR count). The van der Waals surface area contributed by atoms with Gasteiger partial charge in [0.25, 0.3) is 10.0 Å². The molecule has 1 amide bonds. The molecule has 0 aliphatic rings. The largest absolute Gasteiger partial charge is 0.495 e. The molecular weight excluding hydrogens is 522 g/mol. The number of nitrogens with one attached hydrogen (secondary N) is 1. The minimum atomic E-state index is -4.16. The van der Waals surface area contributed by atoms with Crippen LogP contribution in [0.3, 0.4) is 0 Å². The van der Waals surface area contributed by atoms with Crippen molar-refractivity contribution in [2.24, 2.45) is 0 Å². The van der Waals surface area contributed by atoms with Crippen molar-refractivity contribution in [2.75, 3.05) is 23.3 Å². The fourth-order valence-corrected chi connectivity index (χ4v) is 6.96. The van der Waals surface area contributed by atoms with Crippen LogP contribution in [0.2, 0.25) is 0 Å². The van der Waals surface area contributed by atoms with E-state index in [1.165, 1.54) is 7.11 Å². The van der Waals surface area contributed by atoms with Gasteiger partial charge in [0, 0.05) is 34.0 Å². The van der Waals surface area contributed by atoms with Gasteiger partial charge in [0.15, 0.2) is 0 Å². The number of nitrogens with zero attached hydrogens (tertiary/aromatic N) is 2. The Morgan fingerprint density at radius 1 is 0.850 bits per heavy atom. The van der Waals surface area contributed by atoms with Crippen molar-refractivity contribution < 1.29 is 17.9 Å². The molecule has 0 saturated carbocycles. The minimum Gasteiger partial charge on any atom is -0.495 e. The number of sulfonamides is 1. The second-order valence-corrected chi connectivity index (χ2v) is 11.9. The minimum absolute atomic E-state index is 0.00996. The molecular formula is C32H33N3O4S. The van der Waals surface area contributed by atoms with Crippen molar-refractivity contribution in [3.05, 3.63) is 95.6 Å². The molecule has 7 nitrogen and oxygen atoms in total. The number of aromatic nitrogens is 1. The number of carbonyl (C=O) groups is 1. The summed E-state index contributed by atoms with van der Waals surface area (Å²) in [5.41, 5.74) is 5.77. The third-order valence-corrected chi connectivity index (χ3v) is 8.84. The van der Waals surface area contributed by atoms with Crippen molar-refractivity contribution in [1.29, 1.82) is 0 Å². The molecule has 8 heteroatoms. The third kappa shape index (κ3) is 5.02. The van der Waals surface area contributed by atoms with E-state index in [0.717, 1.165) is 49.3 Å². The van der Waals surface area contributed by atoms with Gasteiger partial charge in [-0.3, -0.25) is 9.10 Å². The summed E-state index contributed by atoms with van der Waals surface area (Å²) < 4.78 is 37.0. The number of ether oxygens (including phenoxy) is 1. The van der Waals surface area contributed by atoms with E-state index in [1.54, 1.807) is 30.3 Å². The number of anilines is 2. The van der Waals surface area contributed by atoms with Crippen LogP contribution in [0.1, 0.15) is 23.6 Å². The van der Waals surface area contributed by atoms with Gasteiger partial charge in [0.2, 0.25) is 5.91 Å². The van der Waals surface area contributed by atoms with Crippen LogP contribution in [0.5, 0.6) is 5.75 Å². The van der Waals surface area contributed by atoms with Crippen molar-refractivity contribution in [3.63, 3.8) is 0 Å². The highest BCUT2D eigenvalue weighted by Crippen LogP contribution is 2.33. The maximum absolute atomic E-state index is 14.1. The Bertz CT molecular complexity index is 1840. The van der Waals surface area contributed by atoms with E-state index in [1.807, 2.05) is 57.2 Å². The zero-order valence-corrected chi connectivity index (χ0v) is 24.2. The van der Waals surface area contributed by atoms with Gasteiger partial charge in [-0.15, -0.1) is 0 Å². The van der Waals surface area contributed by atoms with Crippen LogP contribution in [0.4, 0.5) is 11.4 Å². The molecule has 5 aromatic rings. The van der Waals surface area contributed by atoms with Crippen molar-refractivity contribution >= 4 is 49.1 Å². The molecule has 0 bridgehead atoms. The molecule has 0 unspecified atom stereocenters. The van der Waals surface area contributed by atoms with Crippen LogP contribution in [0.15, 0.2) is 83.8 Å². The van der Waals surface area contributed by atoms with Crippen molar-refractivity contribution in [2.45, 2.75) is 39.1 Å². The second-order valence-electron chi connectivity index (χ2n) is 10.1. The van der Waals surface area contributed by atoms with E-state index in [0.29, 0.717) is 11.4 Å². The lowest BCUT2D eigenvalue weighted by molar-refractivity contribution is -0.114. The molecule has 4 aromatic carbocycles. The van der Waals surface area contributed by atoms with Gasteiger partial charge in [-0.1, -0.05) is 30.3 Å². The standard InChI is InChI=1S/C32H33N3O4S/c1-6-34-28-10-8-7-9-26(28)27-19-24(12-13-29(27)34)33-32(36)20-35(25-16-22(3)15-23(4)17-25)40(37,38)31-18-21(2)11-14-30(31)39-5/h7-19H,6,20H2,1-5H3,(H,33,36). The lowest BCUT2D eigenvalue weighted by Gasteiger charge is -2.26. The number of amides is 1. The fourth-order valence-electron chi connectivity index (χ4n) is 5.32. The lowest BCUT2D eigenvalue weighted by Crippen LogP contribution is -2.38. The summed E-state index contributed by atoms with van der Waals surface area (Å²) in [4.78, 5) is 13.5. The highest BCUT2D eigenvalue weighted by atomic mass is 32.2. The van der Waals surface area contributed by atoms with E-state index >= 15 is 0 Å². The second kappa shape index (κ2) is 10.7. The summed E-state index contributed by atoms with van der Waals surface area (Å²) in [7, 11) is -2.73. The van der Waals surface area contributed by atoms with Crippen LogP contribution >= 0.6 is 0 Å². The summed E-state index contributed by atoms with van der Waals surface area (Å²) in [6.07, 6.45) is 0. The molecule has 0 atom stereocenters. The Morgan fingerprint density at radius 2 is 1.55 bits per heavy atom. The number of benzene rings is 4. The number of para-hydroxylation sites is 1. The predicted molar refractivity (Wildman–Crippen MR) is 162 cm³/mol. The summed E-state index contributed by atoms with van der Waals surface area (Å²) in [5, 5.41) is 5.06. The van der Waals surface area contributed by atoms with E-state index in [-0.39, 0.29) is 10.6 Å². The van der Waals surface area contributed by atoms with Gasteiger partial charge >= 0.3 is 0 Å². The smallest absolute Gasteiger partial charge is 0.268 e. The molecule has 0 radical (unpaired) electrons. The summed E-state index contributed by atoms with van der Waals surface area (Å²) in [6, 6.07) is 24.4. The van der Waals surface area contributed by atoms with E-state index in [9.17, 15) is 13.2 Å². The zero-order valence-electron chi connectivity index (χ0n) is 23.4. The summed E-state index contributed by atoms with van der Waals surface area (Å²) in [6.45, 7) is 8.13. The van der Waals surface area contributed by atoms with Gasteiger partial charge in [0.1, 0.15) is 17.2 Å². The molecule has 1 heterocycles. The Balaban J connectivity index is 1.53. The molecule has 1 N–H and O–H groups in total. The normalized spacial score (nSPS) is 11.6. The van der Waals surface area contributed by atoms with Gasteiger partial charge < -0.3 is 14.6 Å². The third-order valence-electron chi connectivity index (χ3n) is 7.04. The monoisotopic (exact) mass is 555 g/mol. The number of aryl methyl sites for hydroxylation is 4. The van der Waals surface area contributed by atoms with E-state index in [4.69, 9.17) is 4.74 Å². The van der Waals surface area contributed by atoms with Crippen LogP contribution in [-0.2, 0) is 21.4 Å². The van der Waals surface area contributed by atoms with Crippen LogP contribution in [-0.4, -0.2) is 32.5 Å². The molecule has 0 saturated heterocycles. The molecule has 0 aliphatic carbocycles. The Kier molecular flexibility index (Phi) is 7.29. The number of hydrogen-bond donors (Lipinski definition) is 1. The van der Waals surface area contributed by atoms with Gasteiger partial charge in [-0.2, -0.15) is 0 Å². The number of carbonyl (C=O) groups excluding carboxylic acids is 1. The Hall–Kier alpha value is -4.30. The first-order chi connectivity index (χ1) is 19.1. The van der Waals surface area contributed by atoms with Crippen LogP contribution in [0, 0.1) is 20.8 Å². The van der Waals surface area contributed by atoms with Crippen LogP contribution < -0.4 is 14.4 Å². The molecule has 0 fully saturated rings. The first-order valence-electron chi connectivity index (χ1n) is 13.2. The molecule has 1 aromatic heterocycles. The SMILES string of the molecule is CCn1c2ccccc2c2cc(NC(=O)CN(c3cc(C)cc(C)c3)S(=O)(=O)c3cc(C)ccc3OC)ccc21. The van der Waals surface area contributed by atoms with Gasteiger partial charge in [0.05, 0.1) is 12.8 Å². The maximum Gasteiger partial charge on any atom is 0.268 e. The average molecular weight is 556 g/mol. The number of methoxy groups -OCH3 is 1. The quantitative estimate of drug-likeness (QED) is 0.234. The highest BCUT2D eigenvalue weighted by Gasteiger charge is 2.30. The number of fused-ring (bicyclic) bond motifs is 3. The number of hydrogen-bond acceptors (Lipinski definition) is 4. The molecule has 206 valence electrons. The zero-order chi connectivity index (χ0) is 28.6. The number of rotatable bonds is 8. The predicted octanol–water partition coefficient (Wildman–Crippen LogP) is 6.58. The fraction of sp³-hybridized carbons (Fsp3) is 0.219. The topological polar surface area (TPSA) is 80.6 Å². The average Bonchev–Trinajstić information content (AvgIpc) is 3.24. The summed E-state index contributed by atoms with van der Waals surface area (Å²) >= 11 is 0. The van der Waals surface area contributed by atoms with Gasteiger partial charge in [-0.05, 0) is 92.9 Å². The first-order valence-corrected chi connectivity index (χ1v) is 14.6. The molecule has 0 aliphatic heterocycles. The van der Waals surface area contributed by atoms with E-state index < -0.39 is 22.5 Å². The summed E-state index contributed by atoms with van der Waals surface area (Å²) in [5.74, 6) is -0.230. The van der Waals surface area contributed by atoms with E-state index in [2.05, 4.69) is 28.9 Å². The maximum atomic E-state index is 14.1. The Morgan fingerprint density at radius 3 is 2.25 bits per heavy atom.